The van der Waals surface area contributed by atoms with Crippen LogP contribution < -0.4 is 10.5 Å². The highest BCUT2D eigenvalue weighted by molar-refractivity contribution is 6.30. The minimum Gasteiger partial charge on any atom is -0.493 e. The molecule has 2 unspecified atom stereocenters. The fourth-order valence-corrected chi connectivity index (χ4v) is 2.83. The quantitative estimate of drug-likeness (QED) is 0.939. The maximum atomic E-state index is 13.2. The Kier molecular flexibility index (Phi) is 3.64. The number of halogens is 2. The maximum Gasteiger partial charge on any atom is 0.141 e. The lowest BCUT2D eigenvalue weighted by Crippen LogP contribution is -2.31. The molecule has 2 aromatic rings. The van der Waals surface area contributed by atoms with Crippen molar-refractivity contribution in [3.63, 3.8) is 0 Å². The fourth-order valence-electron chi connectivity index (χ4n) is 2.62. The van der Waals surface area contributed by atoms with Crippen LogP contribution in [0.2, 0.25) is 5.02 Å². The molecular formula is C16H15ClFNO. The van der Waals surface area contributed by atoms with Gasteiger partial charge in [-0.2, -0.15) is 0 Å². The van der Waals surface area contributed by atoms with Crippen LogP contribution in [0.15, 0.2) is 42.5 Å². The summed E-state index contributed by atoms with van der Waals surface area (Å²) in [5, 5.41) is 0.137. The first-order chi connectivity index (χ1) is 9.65. The van der Waals surface area contributed by atoms with Gasteiger partial charge in [0.05, 0.1) is 11.6 Å². The number of benzene rings is 2. The summed E-state index contributed by atoms with van der Waals surface area (Å²) in [7, 11) is 0. The Morgan fingerprint density at radius 3 is 2.90 bits per heavy atom. The van der Waals surface area contributed by atoms with Gasteiger partial charge in [0.15, 0.2) is 0 Å². The summed E-state index contributed by atoms with van der Waals surface area (Å²) in [5.74, 6) is 0.665. The van der Waals surface area contributed by atoms with Crippen molar-refractivity contribution in [1.82, 2.24) is 0 Å². The van der Waals surface area contributed by atoms with E-state index >= 15 is 0 Å². The zero-order chi connectivity index (χ0) is 14.1. The van der Waals surface area contributed by atoms with Crippen LogP contribution >= 0.6 is 11.6 Å². The Bertz CT molecular complexity index is 632. The molecule has 2 aromatic carbocycles. The van der Waals surface area contributed by atoms with Gasteiger partial charge in [0, 0.05) is 17.5 Å². The van der Waals surface area contributed by atoms with Gasteiger partial charge in [0.25, 0.3) is 0 Å². The Hall–Kier alpha value is -1.58. The molecule has 20 heavy (non-hydrogen) atoms. The summed E-state index contributed by atoms with van der Waals surface area (Å²) in [6.07, 6.45) is 0.641. The van der Waals surface area contributed by atoms with Crippen LogP contribution in [0.3, 0.4) is 0 Å². The van der Waals surface area contributed by atoms with E-state index < -0.39 is 5.82 Å². The Morgan fingerprint density at radius 1 is 1.30 bits per heavy atom. The molecule has 0 radical (unpaired) electrons. The molecule has 0 saturated carbocycles. The molecule has 2 nitrogen and oxygen atoms in total. The van der Waals surface area contributed by atoms with Gasteiger partial charge in [-0.15, -0.1) is 0 Å². The minimum absolute atomic E-state index is 0.0832. The number of ether oxygens (including phenoxy) is 1. The van der Waals surface area contributed by atoms with E-state index in [4.69, 9.17) is 22.1 Å². The van der Waals surface area contributed by atoms with E-state index in [2.05, 4.69) is 0 Å². The highest BCUT2D eigenvalue weighted by atomic mass is 35.5. The normalized spacial score (nSPS) is 18.4. The Balaban J connectivity index is 1.77. The first-order valence-electron chi connectivity index (χ1n) is 6.56. The van der Waals surface area contributed by atoms with Crippen molar-refractivity contribution < 1.29 is 9.13 Å². The fraction of sp³-hybridized carbons (Fsp3) is 0.250. The lowest BCUT2D eigenvalue weighted by Gasteiger charge is -2.18. The van der Waals surface area contributed by atoms with Gasteiger partial charge in [-0.1, -0.05) is 35.9 Å². The van der Waals surface area contributed by atoms with Crippen molar-refractivity contribution in [2.75, 3.05) is 6.61 Å². The number of rotatable bonds is 3. The Morgan fingerprint density at radius 2 is 2.10 bits per heavy atom. The zero-order valence-electron chi connectivity index (χ0n) is 10.9. The van der Waals surface area contributed by atoms with Crippen LogP contribution in [0.4, 0.5) is 4.39 Å². The molecule has 0 amide bonds. The summed E-state index contributed by atoms with van der Waals surface area (Å²) in [5.41, 5.74) is 8.38. The molecule has 4 heteroatoms. The van der Waals surface area contributed by atoms with Crippen molar-refractivity contribution in [3.05, 3.63) is 64.4 Å². The zero-order valence-corrected chi connectivity index (χ0v) is 11.6. The molecule has 0 aliphatic carbocycles. The van der Waals surface area contributed by atoms with Crippen molar-refractivity contribution in [3.8, 4) is 5.75 Å². The van der Waals surface area contributed by atoms with Gasteiger partial charge >= 0.3 is 0 Å². The van der Waals surface area contributed by atoms with Crippen LogP contribution in [-0.4, -0.2) is 12.6 Å². The Labute approximate surface area is 122 Å². The highest BCUT2D eigenvalue weighted by Crippen LogP contribution is 2.35. The molecule has 1 heterocycles. The molecule has 1 aliphatic rings. The van der Waals surface area contributed by atoms with E-state index in [0.717, 1.165) is 16.9 Å². The van der Waals surface area contributed by atoms with E-state index in [1.165, 1.54) is 6.07 Å². The van der Waals surface area contributed by atoms with Crippen LogP contribution in [-0.2, 0) is 6.42 Å². The number of para-hydroxylation sites is 1. The van der Waals surface area contributed by atoms with Crippen LogP contribution in [0.25, 0.3) is 0 Å². The average molecular weight is 292 g/mol. The van der Waals surface area contributed by atoms with E-state index in [9.17, 15) is 4.39 Å². The monoisotopic (exact) mass is 291 g/mol. The smallest absolute Gasteiger partial charge is 0.141 e. The molecular weight excluding hydrogens is 277 g/mol. The van der Waals surface area contributed by atoms with Gasteiger partial charge < -0.3 is 10.5 Å². The SMILES string of the molecule is NC(Cc1ccc(F)c(Cl)c1)C1COc2ccccc21. The van der Waals surface area contributed by atoms with Crippen LogP contribution in [0.1, 0.15) is 17.0 Å². The third-order valence-electron chi connectivity index (χ3n) is 3.71. The standard InChI is InChI=1S/C16H15ClFNO/c17-13-7-10(5-6-14(13)18)8-15(19)12-9-20-16-4-2-1-3-11(12)16/h1-7,12,15H,8-9,19H2. The lowest BCUT2D eigenvalue weighted by atomic mass is 9.90. The second-order valence-corrected chi connectivity index (χ2v) is 5.48. The van der Waals surface area contributed by atoms with Crippen molar-refractivity contribution in [2.24, 2.45) is 5.73 Å². The van der Waals surface area contributed by atoms with Crippen molar-refractivity contribution >= 4 is 11.6 Å². The van der Waals surface area contributed by atoms with Gasteiger partial charge in [0.2, 0.25) is 0 Å². The van der Waals surface area contributed by atoms with E-state index in [-0.39, 0.29) is 17.0 Å². The summed E-state index contributed by atoms with van der Waals surface area (Å²) in [6.45, 7) is 0.593. The summed E-state index contributed by atoms with van der Waals surface area (Å²) in [4.78, 5) is 0. The number of nitrogens with two attached hydrogens (primary N) is 1. The largest absolute Gasteiger partial charge is 0.493 e. The van der Waals surface area contributed by atoms with Gasteiger partial charge in [0.1, 0.15) is 11.6 Å². The summed E-state index contributed by atoms with van der Waals surface area (Å²) >= 11 is 5.80. The highest BCUT2D eigenvalue weighted by Gasteiger charge is 2.29. The lowest BCUT2D eigenvalue weighted by molar-refractivity contribution is 0.313. The van der Waals surface area contributed by atoms with Gasteiger partial charge in [-0.05, 0) is 30.2 Å². The number of hydrogen-bond donors (Lipinski definition) is 1. The third kappa shape index (κ3) is 2.51. The number of hydrogen-bond acceptors (Lipinski definition) is 2. The van der Waals surface area contributed by atoms with Crippen molar-refractivity contribution in [1.29, 1.82) is 0 Å². The first kappa shape index (κ1) is 13.4. The van der Waals surface area contributed by atoms with E-state index in [1.54, 1.807) is 12.1 Å². The third-order valence-corrected chi connectivity index (χ3v) is 4.00. The molecule has 0 spiro atoms. The van der Waals surface area contributed by atoms with Crippen LogP contribution in [0, 0.1) is 5.82 Å². The van der Waals surface area contributed by atoms with Gasteiger partial charge in [-0.25, -0.2) is 4.39 Å². The predicted molar refractivity (Wildman–Crippen MR) is 77.8 cm³/mol. The molecule has 0 fully saturated rings. The molecule has 0 bridgehead atoms. The summed E-state index contributed by atoms with van der Waals surface area (Å²) in [6, 6.07) is 12.6. The molecule has 2 atom stereocenters. The minimum atomic E-state index is -0.404. The van der Waals surface area contributed by atoms with E-state index in [0.29, 0.717) is 13.0 Å². The van der Waals surface area contributed by atoms with Crippen LogP contribution in [0.5, 0.6) is 5.75 Å². The second kappa shape index (κ2) is 5.43. The predicted octanol–water partition coefficient (Wildman–Crippen LogP) is 3.53. The molecule has 3 rings (SSSR count). The number of fused-ring (bicyclic) bond motifs is 1. The van der Waals surface area contributed by atoms with Crippen molar-refractivity contribution in [2.45, 2.75) is 18.4 Å². The first-order valence-corrected chi connectivity index (χ1v) is 6.94. The maximum absolute atomic E-state index is 13.2. The van der Waals surface area contributed by atoms with E-state index in [1.807, 2.05) is 24.3 Å². The molecule has 0 saturated heterocycles. The molecule has 104 valence electrons. The van der Waals surface area contributed by atoms with Gasteiger partial charge in [-0.3, -0.25) is 0 Å². The molecule has 2 N–H and O–H groups in total. The topological polar surface area (TPSA) is 35.2 Å². The second-order valence-electron chi connectivity index (χ2n) is 5.07. The molecule has 1 aliphatic heterocycles. The average Bonchev–Trinajstić information content (AvgIpc) is 2.87. The molecule has 0 aromatic heterocycles. The summed E-state index contributed by atoms with van der Waals surface area (Å²) < 4.78 is 18.8.